The lowest BCUT2D eigenvalue weighted by molar-refractivity contribution is -0.159. The third-order valence-electron chi connectivity index (χ3n) is 4.92. The monoisotopic (exact) mass is 256 g/mol. The van der Waals surface area contributed by atoms with E-state index >= 15 is 0 Å². The van der Waals surface area contributed by atoms with E-state index in [2.05, 4.69) is 6.92 Å². The summed E-state index contributed by atoms with van der Waals surface area (Å²) in [5.74, 6) is -0.143. The number of carboxylic acids is 1. The summed E-state index contributed by atoms with van der Waals surface area (Å²) < 4.78 is 0. The molecule has 1 rings (SSSR count). The molecule has 0 amide bonds. The highest BCUT2D eigenvalue weighted by Crippen LogP contribution is 2.47. The predicted octanol–water partition coefficient (Wildman–Crippen LogP) is 3.45. The highest BCUT2D eigenvalue weighted by molar-refractivity contribution is 5.75. The second kappa shape index (κ2) is 5.60. The van der Waals surface area contributed by atoms with E-state index in [0.29, 0.717) is 18.8 Å². The first-order valence-corrected chi connectivity index (χ1v) is 7.19. The standard InChI is InChI=1S/C15H28O3/c1-5-12-7-6-8-15(9-12,13(16)17)10-14(4,18)11(2)3/h11-12,18H,5-10H2,1-4H3,(H,16,17). The van der Waals surface area contributed by atoms with Gasteiger partial charge < -0.3 is 10.2 Å². The summed E-state index contributed by atoms with van der Waals surface area (Å²) in [5, 5.41) is 20.1. The average Bonchev–Trinajstić information content (AvgIpc) is 2.28. The fraction of sp³-hybridized carbons (Fsp3) is 0.933. The summed E-state index contributed by atoms with van der Waals surface area (Å²) in [4.78, 5) is 11.7. The molecule has 3 heteroatoms. The Morgan fingerprint density at radius 3 is 2.56 bits per heavy atom. The third-order valence-corrected chi connectivity index (χ3v) is 4.92. The van der Waals surface area contributed by atoms with Crippen molar-refractivity contribution in [1.82, 2.24) is 0 Å². The number of aliphatic carboxylic acids is 1. The molecule has 3 nitrogen and oxygen atoms in total. The van der Waals surface area contributed by atoms with Crippen LogP contribution in [-0.2, 0) is 4.79 Å². The smallest absolute Gasteiger partial charge is 0.309 e. The molecule has 0 aliphatic heterocycles. The first-order valence-electron chi connectivity index (χ1n) is 7.19. The number of carboxylic acid groups (broad SMARTS) is 1. The zero-order valence-electron chi connectivity index (χ0n) is 12.2. The van der Waals surface area contributed by atoms with E-state index in [1.807, 2.05) is 13.8 Å². The van der Waals surface area contributed by atoms with E-state index in [1.54, 1.807) is 6.92 Å². The molecule has 3 atom stereocenters. The minimum Gasteiger partial charge on any atom is -0.481 e. The van der Waals surface area contributed by atoms with Crippen molar-refractivity contribution in [3.8, 4) is 0 Å². The highest BCUT2D eigenvalue weighted by atomic mass is 16.4. The fourth-order valence-corrected chi connectivity index (χ4v) is 3.15. The Balaban J connectivity index is 2.91. The molecule has 3 unspecified atom stereocenters. The van der Waals surface area contributed by atoms with Gasteiger partial charge in [0.05, 0.1) is 11.0 Å². The van der Waals surface area contributed by atoms with Crippen molar-refractivity contribution < 1.29 is 15.0 Å². The van der Waals surface area contributed by atoms with Gasteiger partial charge in [-0.15, -0.1) is 0 Å². The fourth-order valence-electron chi connectivity index (χ4n) is 3.15. The minimum atomic E-state index is -0.895. The van der Waals surface area contributed by atoms with Crippen LogP contribution in [0.3, 0.4) is 0 Å². The van der Waals surface area contributed by atoms with Crippen molar-refractivity contribution in [2.75, 3.05) is 0 Å². The van der Waals surface area contributed by atoms with Crippen LogP contribution in [0.2, 0.25) is 0 Å². The Hall–Kier alpha value is -0.570. The Bertz CT molecular complexity index is 296. The van der Waals surface area contributed by atoms with Gasteiger partial charge in [0, 0.05) is 0 Å². The minimum absolute atomic E-state index is 0.0794. The molecule has 0 aromatic carbocycles. The van der Waals surface area contributed by atoms with Crippen LogP contribution >= 0.6 is 0 Å². The Kier molecular flexibility index (Phi) is 4.82. The van der Waals surface area contributed by atoms with Gasteiger partial charge in [0.1, 0.15) is 0 Å². The van der Waals surface area contributed by atoms with Gasteiger partial charge in [-0.2, -0.15) is 0 Å². The molecule has 0 saturated heterocycles. The normalized spacial score (nSPS) is 32.2. The summed E-state index contributed by atoms with van der Waals surface area (Å²) in [6.45, 7) is 7.81. The molecule has 1 saturated carbocycles. The summed E-state index contributed by atoms with van der Waals surface area (Å²) in [7, 11) is 0. The molecule has 0 bridgehead atoms. The van der Waals surface area contributed by atoms with Gasteiger partial charge in [0.2, 0.25) is 0 Å². The molecule has 0 aromatic heterocycles. The summed E-state index contributed by atoms with van der Waals surface area (Å²) in [6, 6.07) is 0. The number of aliphatic hydroxyl groups is 1. The van der Waals surface area contributed by atoms with Crippen molar-refractivity contribution in [2.24, 2.45) is 17.3 Å². The van der Waals surface area contributed by atoms with Crippen molar-refractivity contribution in [3.63, 3.8) is 0 Å². The van der Waals surface area contributed by atoms with Gasteiger partial charge in [0.25, 0.3) is 0 Å². The largest absolute Gasteiger partial charge is 0.481 e. The second-order valence-corrected chi connectivity index (χ2v) is 6.64. The molecule has 18 heavy (non-hydrogen) atoms. The lowest BCUT2D eigenvalue weighted by atomic mass is 9.63. The molecule has 106 valence electrons. The molecule has 0 spiro atoms. The molecular formula is C15H28O3. The topological polar surface area (TPSA) is 57.5 Å². The highest BCUT2D eigenvalue weighted by Gasteiger charge is 2.47. The van der Waals surface area contributed by atoms with E-state index in [1.165, 1.54) is 0 Å². The quantitative estimate of drug-likeness (QED) is 0.792. The van der Waals surface area contributed by atoms with Gasteiger partial charge in [-0.3, -0.25) is 4.79 Å². The van der Waals surface area contributed by atoms with Crippen LogP contribution in [0, 0.1) is 17.3 Å². The van der Waals surface area contributed by atoms with Crippen LogP contribution in [0.4, 0.5) is 0 Å². The van der Waals surface area contributed by atoms with Gasteiger partial charge in [-0.1, -0.05) is 40.0 Å². The van der Waals surface area contributed by atoms with Crippen LogP contribution in [0.1, 0.15) is 66.2 Å². The van der Waals surface area contributed by atoms with E-state index in [9.17, 15) is 15.0 Å². The first-order chi connectivity index (χ1) is 8.23. The Morgan fingerprint density at radius 1 is 1.50 bits per heavy atom. The molecule has 1 fully saturated rings. The molecule has 0 heterocycles. The molecule has 2 N–H and O–H groups in total. The van der Waals surface area contributed by atoms with E-state index in [0.717, 1.165) is 25.7 Å². The zero-order chi connectivity index (χ0) is 14.0. The van der Waals surface area contributed by atoms with Crippen molar-refractivity contribution >= 4 is 5.97 Å². The first kappa shape index (κ1) is 15.5. The van der Waals surface area contributed by atoms with Crippen LogP contribution < -0.4 is 0 Å². The SMILES string of the molecule is CCC1CCCC(CC(C)(O)C(C)C)(C(=O)O)C1. The summed E-state index contributed by atoms with van der Waals surface area (Å²) in [5.41, 5.74) is -1.61. The lowest BCUT2D eigenvalue weighted by Gasteiger charge is -2.43. The number of rotatable bonds is 5. The van der Waals surface area contributed by atoms with Crippen LogP contribution in [-0.4, -0.2) is 21.8 Å². The van der Waals surface area contributed by atoms with Crippen LogP contribution in [0.25, 0.3) is 0 Å². The maximum absolute atomic E-state index is 11.7. The van der Waals surface area contributed by atoms with Gasteiger partial charge >= 0.3 is 5.97 Å². The van der Waals surface area contributed by atoms with Crippen molar-refractivity contribution in [3.05, 3.63) is 0 Å². The number of carbonyl (C=O) groups is 1. The molecule has 1 aliphatic rings. The van der Waals surface area contributed by atoms with Crippen molar-refractivity contribution in [1.29, 1.82) is 0 Å². The molecule has 1 aliphatic carbocycles. The van der Waals surface area contributed by atoms with Gasteiger partial charge in [-0.05, 0) is 38.0 Å². The molecule has 0 radical (unpaired) electrons. The maximum atomic E-state index is 11.7. The van der Waals surface area contributed by atoms with E-state index in [-0.39, 0.29) is 5.92 Å². The summed E-state index contributed by atoms with van der Waals surface area (Å²) in [6.07, 6.45) is 4.96. The number of hydrogen-bond donors (Lipinski definition) is 2. The lowest BCUT2D eigenvalue weighted by Crippen LogP contribution is -2.45. The maximum Gasteiger partial charge on any atom is 0.309 e. The van der Waals surface area contributed by atoms with Gasteiger partial charge in [0.15, 0.2) is 0 Å². The summed E-state index contributed by atoms with van der Waals surface area (Å²) >= 11 is 0. The predicted molar refractivity (Wildman–Crippen MR) is 72.4 cm³/mol. The second-order valence-electron chi connectivity index (χ2n) is 6.64. The Labute approximate surface area is 111 Å². The third kappa shape index (κ3) is 3.25. The van der Waals surface area contributed by atoms with Crippen LogP contribution in [0.15, 0.2) is 0 Å². The molecule has 0 aromatic rings. The van der Waals surface area contributed by atoms with Crippen LogP contribution in [0.5, 0.6) is 0 Å². The average molecular weight is 256 g/mol. The zero-order valence-corrected chi connectivity index (χ0v) is 12.2. The van der Waals surface area contributed by atoms with Crippen molar-refractivity contribution in [2.45, 2.75) is 71.8 Å². The van der Waals surface area contributed by atoms with Gasteiger partial charge in [-0.25, -0.2) is 0 Å². The molecular weight excluding hydrogens is 228 g/mol. The Morgan fingerprint density at radius 2 is 2.11 bits per heavy atom. The number of hydrogen-bond acceptors (Lipinski definition) is 2. The van der Waals surface area contributed by atoms with E-state index in [4.69, 9.17) is 0 Å². The van der Waals surface area contributed by atoms with E-state index < -0.39 is 17.0 Å².